The third kappa shape index (κ3) is 3.20. The Morgan fingerprint density at radius 3 is 2.65 bits per heavy atom. The fourth-order valence-corrected chi connectivity index (χ4v) is 2.34. The molecule has 3 rings (SSSR count). The van der Waals surface area contributed by atoms with Crippen molar-refractivity contribution >= 4 is 22.9 Å². The second kappa shape index (κ2) is 6.15. The van der Waals surface area contributed by atoms with Crippen LogP contribution in [-0.4, -0.2) is 45.4 Å². The molecule has 0 fully saturated rings. The van der Waals surface area contributed by atoms with E-state index >= 15 is 0 Å². The number of pyridine rings is 1. The molecule has 3 heterocycles. The van der Waals surface area contributed by atoms with Gasteiger partial charge in [-0.2, -0.15) is 0 Å². The second-order valence-electron chi connectivity index (χ2n) is 5.72. The SMILES string of the molecule is Cc1cccnc1CC(C)Nc1nc2nonc2nc1N(C)C. The van der Waals surface area contributed by atoms with Gasteiger partial charge < -0.3 is 10.2 Å². The molecule has 0 radical (unpaired) electrons. The van der Waals surface area contributed by atoms with Crippen LogP contribution >= 0.6 is 0 Å². The van der Waals surface area contributed by atoms with Crippen molar-refractivity contribution in [2.24, 2.45) is 0 Å². The van der Waals surface area contributed by atoms with Gasteiger partial charge >= 0.3 is 0 Å². The molecule has 3 aromatic rings. The van der Waals surface area contributed by atoms with E-state index in [-0.39, 0.29) is 6.04 Å². The average molecular weight is 313 g/mol. The standard InChI is InChI=1S/C15H19N7O/c1-9-6-5-7-16-11(9)8-10(2)17-14-15(22(3)4)19-13-12(18-14)20-23-21-13/h5-7,10H,8H2,1-4H3,(H,17,18,20). The first-order valence-electron chi connectivity index (χ1n) is 7.39. The van der Waals surface area contributed by atoms with Gasteiger partial charge in [-0.1, -0.05) is 6.07 Å². The quantitative estimate of drug-likeness (QED) is 0.762. The molecule has 0 saturated heterocycles. The van der Waals surface area contributed by atoms with Crippen molar-refractivity contribution in [2.75, 3.05) is 24.3 Å². The molecule has 120 valence electrons. The van der Waals surface area contributed by atoms with Crippen LogP contribution in [0.5, 0.6) is 0 Å². The van der Waals surface area contributed by atoms with Gasteiger partial charge in [0, 0.05) is 38.4 Å². The fraction of sp³-hybridized carbons (Fsp3) is 0.400. The van der Waals surface area contributed by atoms with Gasteiger partial charge in [-0.05, 0) is 35.8 Å². The molecule has 23 heavy (non-hydrogen) atoms. The smallest absolute Gasteiger partial charge is 0.245 e. The second-order valence-corrected chi connectivity index (χ2v) is 5.72. The number of aromatic nitrogens is 5. The van der Waals surface area contributed by atoms with Crippen LogP contribution in [0.3, 0.4) is 0 Å². The average Bonchev–Trinajstić information content (AvgIpc) is 2.96. The maximum absolute atomic E-state index is 4.69. The summed E-state index contributed by atoms with van der Waals surface area (Å²) < 4.78 is 4.69. The van der Waals surface area contributed by atoms with Crippen LogP contribution in [0.4, 0.5) is 11.6 Å². The molecule has 0 saturated carbocycles. The van der Waals surface area contributed by atoms with Gasteiger partial charge in [0.2, 0.25) is 11.3 Å². The lowest BCUT2D eigenvalue weighted by molar-refractivity contribution is 0.314. The van der Waals surface area contributed by atoms with E-state index in [2.05, 4.69) is 55.1 Å². The van der Waals surface area contributed by atoms with Crippen molar-refractivity contribution in [3.8, 4) is 0 Å². The van der Waals surface area contributed by atoms with Crippen molar-refractivity contribution in [3.63, 3.8) is 0 Å². The lowest BCUT2D eigenvalue weighted by Crippen LogP contribution is -2.23. The summed E-state index contributed by atoms with van der Waals surface area (Å²) in [6, 6.07) is 4.14. The number of aryl methyl sites for hydroxylation is 1. The Hall–Kier alpha value is -2.77. The van der Waals surface area contributed by atoms with Crippen molar-refractivity contribution in [1.82, 2.24) is 25.3 Å². The summed E-state index contributed by atoms with van der Waals surface area (Å²) in [5, 5.41) is 10.9. The summed E-state index contributed by atoms with van der Waals surface area (Å²) in [6.45, 7) is 4.15. The van der Waals surface area contributed by atoms with Gasteiger partial charge in [0.15, 0.2) is 11.6 Å². The van der Waals surface area contributed by atoms with E-state index in [1.54, 1.807) is 0 Å². The van der Waals surface area contributed by atoms with Gasteiger partial charge in [0.05, 0.1) is 0 Å². The number of anilines is 2. The molecule has 1 unspecified atom stereocenters. The van der Waals surface area contributed by atoms with Crippen LogP contribution in [0, 0.1) is 6.92 Å². The zero-order valence-corrected chi connectivity index (χ0v) is 13.6. The Morgan fingerprint density at radius 1 is 1.22 bits per heavy atom. The summed E-state index contributed by atoms with van der Waals surface area (Å²) in [5.74, 6) is 1.34. The molecule has 0 spiro atoms. The van der Waals surface area contributed by atoms with Gasteiger partial charge in [0.1, 0.15) is 0 Å². The molecule has 0 aromatic carbocycles. The predicted octanol–water partition coefficient (Wildman–Crippen LogP) is 1.83. The van der Waals surface area contributed by atoms with Crippen LogP contribution in [0.15, 0.2) is 23.0 Å². The Bertz CT molecular complexity index is 814. The molecule has 8 heteroatoms. The Labute approximate surface area is 133 Å². The first-order chi connectivity index (χ1) is 11.0. The maximum atomic E-state index is 4.69. The fourth-order valence-electron chi connectivity index (χ4n) is 2.34. The zero-order valence-electron chi connectivity index (χ0n) is 13.6. The van der Waals surface area contributed by atoms with E-state index in [0.717, 1.165) is 12.1 Å². The molecule has 3 aromatic heterocycles. The Balaban J connectivity index is 1.85. The van der Waals surface area contributed by atoms with Crippen molar-refractivity contribution in [2.45, 2.75) is 26.3 Å². The molecule has 8 nitrogen and oxygen atoms in total. The highest BCUT2D eigenvalue weighted by atomic mass is 16.6. The van der Waals surface area contributed by atoms with Gasteiger partial charge in [-0.15, -0.1) is 0 Å². The van der Waals surface area contributed by atoms with Crippen LogP contribution in [-0.2, 0) is 6.42 Å². The molecule has 0 aliphatic carbocycles. The topological polar surface area (TPSA) is 92.9 Å². The summed E-state index contributed by atoms with van der Waals surface area (Å²) in [7, 11) is 3.81. The van der Waals surface area contributed by atoms with Crippen molar-refractivity contribution < 1.29 is 4.63 Å². The normalized spacial score (nSPS) is 12.3. The molecular weight excluding hydrogens is 294 g/mol. The monoisotopic (exact) mass is 313 g/mol. The Morgan fingerprint density at radius 2 is 1.96 bits per heavy atom. The molecule has 1 N–H and O–H groups in total. The van der Waals surface area contributed by atoms with E-state index in [1.807, 2.05) is 31.3 Å². The van der Waals surface area contributed by atoms with Crippen molar-refractivity contribution in [1.29, 1.82) is 0 Å². The molecule has 0 amide bonds. The van der Waals surface area contributed by atoms with E-state index < -0.39 is 0 Å². The largest absolute Gasteiger partial charge is 0.364 e. The summed E-state index contributed by atoms with van der Waals surface area (Å²) in [4.78, 5) is 15.2. The first kappa shape index (κ1) is 15.1. The summed E-state index contributed by atoms with van der Waals surface area (Å²) in [6.07, 6.45) is 2.60. The molecule has 0 aliphatic rings. The third-order valence-electron chi connectivity index (χ3n) is 3.52. The number of fused-ring (bicyclic) bond motifs is 1. The van der Waals surface area contributed by atoms with Crippen LogP contribution in [0.1, 0.15) is 18.2 Å². The van der Waals surface area contributed by atoms with Gasteiger partial charge in [-0.3, -0.25) is 4.98 Å². The molecule has 1 atom stereocenters. The lowest BCUT2D eigenvalue weighted by Gasteiger charge is -2.19. The lowest BCUT2D eigenvalue weighted by atomic mass is 10.1. The zero-order chi connectivity index (χ0) is 16.4. The van der Waals surface area contributed by atoms with E-state index in [1.165, 1.54) is 5.56 Å². The number of rotatable bonds is 5. The number of nitrogens with zero attached hydrogens (tertiary/aromatic N) is 6. The Kier molecular flexibility index (Phi) is 4.05. The highest BCUT2D eigenvalue weighted by Crippen LogP contribution is 2.23. The number of hydrogen-bond donors (Lipinski definition) is 1. The summed E-state index contributed by atoms with van der Waals surface area (Å²) >= 11 is 0. The highest BCUT2D eigenvalue weighted by molar-refractivity contribution is 5.73. The number of hydrogen-bond acceptors (Lipinski definition) is 8. The number of nitrogens with one attached hydrogen (secondary N) is 1. The van der Waals surface area contributed by atoms with Crippen LogP contribution in [0.2, 0.25) is 0 Å². The summed E-state index contributed by atoms with van der Waals surface area (Å²) in [5.41, 5.74) is 3.03. The minimum Gasteiger partial charge on any atom is -0.364 e. The molecule has 0 aliphatic heterocycles. The predicted molar refractivity (Wildman–Crippen MR) is 87.5 cm³/mol. The van der Waals surface area contributed by atoms with Gasteiger partial charge in [-0.25, -0.2) is 14.6 Å². The van der Waals surface area contributed by atoms with E-state index in [0.29, 0.717) is 22.9 Å². The van der Waals surface area contributed by atoms with Gasteiger partial charge in [0.25, 0.3) is 0 Å². The highest BCUT2D eigenvalue weighted by Gasteiger charge is 2.16. The van der Waals surface area contributed by atoms with Crippen LogP contribution in [0.25, 0.3) is 11.3 Å². The maximum Gasteiger partial charge on any atom is 0.245 e. The molecular formula is C15H19N7O. The van der Waals surface area contributed by atoms with E-state index in [4.69, 9.17) is 0 Å². The first-order valence-corrected chi connectivity index (χ1v) is 7.39. The van der Waals surface area contributed by atoms with E-state index in [9.17, 15) is 0 Å². The van der Waals surface area contributed by atoms with Crippen molar-refractivity contribution in [3.05, 3.63) is 29.6 Å². The third-order valence-corrected chi connectivity index (χ3v) is 3.52. The minimum atomic E-state index is 0.133. The minimum absolute atomic E-state index is 0.133. The molecule has 0 bridgehead atoms. The van der Waals surface area contributed by atoms with Crippen LogP contribution < -0.4 is 10.2 Å².